The van der Waals surface area contributed by atoms with Crippen LogP contribution in [0.15, 0.2) is 59.3 Å². The van der Waals surface area contributed by atoms with E-state index in [1.54, 1.807) is 12.4 Å². The second-order valence-electron chi connectivity index (χ2n) is 10.2. The number of anilines is 1. The van der Waals surface area contributed by atoms with Crippen molar-refractivity contribution in [2.45, 2.75) is 52.5 Å². The van der Waals surface area contributed by atoms with E-state index >= 15 is 0 Å². The third kappa shape index (κ3) is 5.05. The summed E-state index contributed by atoms with van der Waals surface area (Å²) in [5, 5.41) is 0.957. The number of carbonyl (C=O) groups excluding carboxylic acids is 2. The van der Waals surface area contributed by atoms with E-state index < -0.39 is 5.97 Å². The lowest BCUT2D eigenvalue weighted by atomic mass is 9.82. The zero-order valence-electron chi connectivity index (χ0n) is 21.7. The van der Waals surface area contributed by atoms with Crippen LogP contribution in [-0.4, -0.2) is 30.0 Å². The smallest absolute Gasteiger partial charge is 0.350 e. The van der Waals surface area contributed by atoms with Crippen molar-refractivity contribution in [2.24, 2.45) is 11.8 Å². The molecule has 6 nitrogen and oxygen atoms in total. The number of esters is 1. The van der Waals surface area contributed by atoms with Crippen LogP contribution in [0.4, 0.5) is 5.69 Å². The van der Waals surface area contributed by atoms with Crippen LogP contribution in [0.3, 0.4) is 0 Å². The van der Waals surface area contributed by atoms with Crippen molar-refractivity contribution in [3.63, 3.8) is 0 Å². The summed E-state index contributed by atoms with van der Waals surface area (Å²) in [6, 6.07) is 13.8. The van der Waals surface area contributed by atoms with Gasteiger partial charge in [0.15, 0.2) is 0 Å². The molecule has 0 radical (unpaired) electrons. The summed E-state index contributed by atoms with van der Waals surface area (Å²) in [6.45, 7) is 6.25. The fraction of sp³-hybridized carbons (Fsp3) is 0.367. The number of benzene rings is 1. The van der Waals surface area contributed by atoms with Gasteiger partial charge in [0.2, 0.25) is 5.91 Å². The molecule has 0 aliphatic heterocycles. The summed E-state index contributed by atoms with van der Waals surface area (Å²) >= 11 is 1.36. The molecule has 3 heterocycles. The van der Waals surface area contributed by atoms with Gasteiger partial charge in [-0.2, -0.15) is 0 Å². The van der Waals surface area contributed by atoms with Crippen LogP contribution >= 0.6 is 11.3 Å². The van der Waals surface area contributed by atoms with Gasteiger partial charge in [0.05, 0.1) is 12.8 Å². The molecule has 1 aliphatic rings. The molecule has 0 unspecified atom stereocenters. The van der Waals surface area contributed by atoms with Crippen molar-refractivity contribution in [1.29, 1.82) is 0 Å². The van der Waals surface area contributed by atoms with Gasteiger partial charge >= 0.3 is 5.97 Å². The van der Waals surface area contributed by atoms with Crippen LogP contribution in [0.5, 0.6) is 0 Å². The average molecular weight is 517 g/mol. The summed E-state index contributed by atoms with van der Waals surface area (Å²) in [6.07, 6.45) is 7.42. The molecule has 0 bridgehead atoms. The molecule has 4 aromatic rings. The number of thiophene rings is 1. The van der Waals surface area contributed by atoms with Crippen LogP contribution < -0.4 is 4.90 Å². The number of nitrogens with zero attached hydrogens (tertiary/aromatic N) is 2. The first-order chi connectivity index (χ1) is 17.9. The van der Waals surface area contributed by atoms with Gasteiger partial charge in [-0.25, -0.2) is 4.79 Å². The first-order valence-electron chi connectivity index (χ1n) is 12.8. The molecule has 7 heteroatoms. The van der Waals surface area contributed by atoms with Gasteiger partial charge in [0.1, 0.15) is 16.2 Å². The summed E-state index contributed by atoms with van der Waals surface area (Å²) in [7, 11) is 1.38. The van der Waals surface area contributed by atoms with Crippen molar-refractivity contribution in [1.82, 2.24) is 4.98 Å². The topological polar surface area (TPSA) is 72.6 Å². The lowest BCUT2D eigenvalue weighted by Gasteiger charge is -2.33. The van der Waals surface area contributed by atoms with E-state index in [1.165, 1.54) is 18.4 Å². The van der Waals surface area contributed by atoms with E-state index in [1.807, 2.05) is 61.2 Å². The number of ether oxygens (including phenoxy) is 1. The highest BCUT2D eigenvalue weighted by atomic mass is 32.1. The second-order valence-corrected chi connectivity index (χ2v) is 11.2. The molecule has 3 aromatic heterocycles. The van der Waals surface area contributed by atoms with Crippen molar-refractivity contribution in [3.8, 4) is 21.8 Å². The number of fused-ring (bicyclic) bond motifs is 1. The Morgan fingerprint density at radius 3 is 2.41 bits per heavy atom. The minimum Gasteiger partial charge on any atom is -0.465 e. The fourth-order valence-electron chi connectivity index (χ4n) is 5.12. The van der Waals surface area contributed by atoms with Gasteiger partial charge in [0, 0.05) is 40.2 Å². The van der Waals surface area contributed by atoms with Gasteiger partial charge < -0.3 is 14.1 Å². The highest BCUT2D eigenvalue weighted by Crippen LogP contribution is 2.41. The zero-order valence-corrected chi connectivity index (χ0v) is 22.5. The molecule has 1 aliphatic carbocycles. The molecule has 0 atom stereocenters. The Morgan fingerprint density at radius 2 is 1.76 bits per heavy atom. The van der Waals surface area contributed by atoms with E-state index in [-0.39, 0.29) is 17.9 Å². The number of aromatic nitrogens is 1. The van der Waals surface area contributed by atoms with Crippen molar-refractivity contribution in [2.75, 3.05) is 12.0 Å². The summed E-state index contributed by atoms with van der Waals surface area (Å²) in [5.74, 6) is 1.11. The Kier molecular flexibility index (Phi) is 7.15. The molecule has 192 valence electrons. The molecule has 0 saturated heterocycles. The first kappa shape index (κ1) is 25.2. The third-order valence-electron chi connectivity index (χ3n) is 7.23. The number of hydrogen-bond donors (Lipinski definition) is 0. The van der Waals surface area contributed by atoms with Crippen molar-refractivity contribution >= 4 is 39.9 Å². The molecule has 0 N–H and O–H groups in total. The maximum atomic E-state index is 13.7. The number of pyridine rings is 1. The normalized spacial score (nSPS) is 17.8. The first-order valence-corrected chi connectivity index (χ1v) is 13.7. The largest absolute Gasteiger partial charge is 0.465 e. The van der Waals surface area contributed by atoms with E-state index in [2.05, 4.69) is 11.9 Å². The number of rotatable bonds is 6. The Balaban J connectivity index is 1.48. The average Bonchev–Trinajstić information content (AvgIpc) is 3.54. The summed E-state index contributed by atoms with van der Waals surface area (Å²) in [4.78, 5) is 33.8. The molecule has 5 rings (SSSR count). The summed E-state index contributed by atoms with van der Waals surface area (Å²) in [5.41, 5.74) is 3.35. The van der Waals surface area contributed by atoms with E-state index in [0.717, 1.165) is 58.4 Å². The standard InChI is InChI=1S/C30H32N2O4S/c1-18(2)32(29(33)22-7-5-19(3)6-8-22)24-16-27(37-28(24)30(34)35-4)21-11-9-20(10-12-21)26-15-23-17-31-14-13-25(23)36-26/h9-19,22H,5-8H2,1-4H3/t19-,22-. The van der Waals surface area contributed by atoms with Crippen LogP contribution in [0.25, 0.3) is 32.7 Å². The van der Waals surface area contributed by atoms with E-state index in [4.69, 9.17) is 9.15 Å². The predicted molar refractivity (Wildman–Crippen MR) is 148 cm³/mol. The predicted octanol–water partition coefficient (Wildman–Crippen LogP) is 7.58. The number of furan rings is 1. The minimum absolute atomic E-state index is 0.00857. The third-order valence-corrected chi connectivity index (χ3v) is 8.39. The van der Waals surface area contributed by atoms with Gasteiger partial charge in [0.25, 0.3) is 0 Å². The molecular formula is C30H32N2O4S. The number of carbonyl (C=O) groups is 2. The van der Waals surface area contributed by atoms with Crippen LogP contribution in [0.1, 0.15) is 56.1 Å². The highest BCUT2D eigenvalue weighted by Gasteiger charge is 2.33. The van der Waals surface area contributed by atoms with E-state index in [0.29, 0.717) is 16.5 Å². The quantitative estimate of drug-likeness (QED) is 0.247. The summed E-state index contributed by atoms with van der Waals surface area (Å²) < 4.78 is 11.1. The molecular weight excluding hydrogens is 484 g/mol. The van der Waals surface area contributed by atoms with Crippen LogP contribution in [-0.2, 0) is 9.53 Å². The Morgan fingerprint density at radius 1 is 1.05 bits per heavy atom. The monoisotopic (exact) mass is 516 g/mol. The van der Waals surface area contributed by atoms with Crippen molar-refractivity contribution in [3.05, 3.63) is 59.7 Å². The molecule has 1 amide bonds. The molecule has 1 aromatic carbocycles. The fourth-order valence-corrected chi connectivity index (χ4v) is 6.19. The maximum Gasteiger partial charge on any atom is 0.350 e. The van der Waals surface area contributed by atoms with Gasteiger partial charge in [-0.15, -0.1) is 11.3 Å². The number of amides is 1. The zero-order chi connectivity index (χ0) is 26.1. The van der Waals surface area contributed by atoms with Gasteiger partial charge in [-0.05, 0) is 69.2 Å². The number of hydrogen-bond acceptors (Lipinski definition) is 6. The molecule has 37 heavy (non-hydrogen) atoms. The van der Waals surface area contributed by atoms with E-state index in [9.17, 15) is 9.59 Å². The minimum atomic E-state index is -0.422. The van der Waals surface area contributed by atoms with Crippen LogP contribution in [0.2, 0.25) is 0 Å². The highest BCUT2D eigenvalue weighted by molar-refractivity contribution is 7.18. The molecule has 1 fully saturated rings. The van der Waals surface area contributed by atoms with Gasteiger partial charge in [-0.3, -0.25) is 9.78 Å². The second kappa shape index (κ2) is 10.5. The van der Waals surface area contributed by atoms with Crippen LogP contribution in [0, 0.1) is 11.8 Å². The Hall–Kier alpha value is -3.45. The lowest BCUT2D eigenvalue weighted by Crippen LogP contribution is -2.42. The Labute approximate surface area is 221 Å². The molecule has 0 spiro atoms. The van der Waals surface area contributed by atoms with Crippen molar-refractivity contribution < 1.29 is 18.7 Å². The maximum absolute atomic E-state index is 13.7. The lowest BCUT2D eigenvalue weighted by molar-refractivity contribution is -0.123. The molecule has 1 saturated carbocycles. The van der Waals surface area contributed by atoms with Gasteiger partial charge in [-0.1, -0.05) is 31.2 Å². The Bertz CT molecular complexity index is 1380. The SMILES string of the molecule is COC(=O)c1sc(-c2ccc(-c3cc4cnccc4o3)cc2)cc1N(C(=O)[C@H]1CC[C@H](C)CC1)C(C)C. The number of methoxy groups -OCH3 is 1.